The first-order valence-corrected chi connectivity index (χ1v) is 7.33. The van der Waals surface area contributed by atoms with Crippen LogP contribution in [0.4, 0.5) is 0 Å². The number of nitriles is 1. The Hall–Kier alpha value is -1.04. The van der Waals surface area contributed by atoms with Gasteiger partial charge in [-0.2, -0.15) is 5.26 Å². The second-order valence-corrected chi connectivity index (χ2v) is 4.98. The first kappa shape index (κ1) is 17.0. The molecule has 0 aromatic rings. The molecule has 1 atom stereocenters. The second-order valence-electron chi connectivity index (χ2n) is 4.98. The summed E-state index contributed by atoms with van der Waals surface area (Å²) in [5.41, 5.74) is 0. The van der Waals surface area contributed by atoms with Crippen molar-refractivity contribution >= 4 is 5.91 Å². The van der Waals surface area contributed by atoms with Crippen LogP contribution in [0.5, 0.6) is 0 Å². The van der Waals surface area contributed by atoms with E-state index in [2.05, 4.69) is 13.0 Å². The summed E-state index contributed by atoms with van der Waals surface area (Å²) in [5, 5.41) is 8.77. The highest BCUT2D eigenvalue weighted by Gasteiger charge is 2.13. The van der Waals surface area contributed by atoms with E-state index in [0.29, 0.717) is 19.5 Å². The molecule has 1 unspecified atom stereocenters. The van der Waals surface area contributed by atoms with E-state index in [9.17, 15) is 4.79 Å². The summed E-state index contributed by atoms with van der Waals surface area (Å²) >= 11 is 0. The van der Waals surface area contributed by atoms with Crippen LogP contribution in [0, 0.1) is 17.2 Å². The Labute approximate surface area is 112 Å². The molecule has 0 spiro atoms. The summed E-state index contributed by atoms with van der Waals surface area (Å²) < 4.78 is 0. The van der Waals surface area contributed by atoms with Crippen molar-refractivity contribution in [2.24, 2.45) is 5.92 Å². The summed E-state index contributed by atoms with van der Waals surface area (Å²) in [7, 11) is 0. The molecule has 0 aliphatic carbocycles. The Morgan fingerprint density at radius 3 is 2.33 bits per heavy atom. The topological polar surface area (TPSA) is 44.1 Å². The Kier molecular flexibility index (Phi) is 10.4. The lowest BCUT2D eigenvalue weighted by molar-refractivity contribution is -0.131. The Morgan fingerprint density at radius 1 is 1.17 bits per heavy atom. The zero-order valence-electron chi connectivity index (χ0n) is 12.2. The van der Waals surface area contributed by atoms with E-state index < -0.39 is 0 Å². The molecule has 104 valence electrons. The van der Waals surface area contributed by atoms with Crippen LogP contribution in [0.15, 0.2) is 0 Å². The van der Waals surface area contributed by atoms with Gasteiger partial charge < -0.3 is 4.90 Å². The third-order valence-corrected chi connectivity index (χ3v) is 3.19. The van der Waals surface area contributed by atoms with E-state index in [0.717, 1.165) is 12.8 Å². The quantitative estimate of drug-likeness (QED) is 0.556. The van der Waals surface area contributed by atoms with Gasteiger partial charge in [-0.3, -0.25) is 4.79 Å². The van der Waals surface area contributed by atoms with Gasteiger partial charge in [0.25, 0.3) is 0 Å². The highest BCUT2D eigenvalue weighted by Crippen LogP contribution is 2.09. The van der Waals surface area contributed by atoms with Crippen molar-refractivity contribution in [1.29, 1.82) is 5.26 Å². The first-order valence-electron chi connectivity index (χ1n) is 7.33. The fraction of sp³-hybridized carbons (Fsp3) is 0.867. The van der Waals surface area contributed by atoms with Crippen LogP contribution in [0.2, 0.25) is 0 Å². The Bertz CT molecular complexity index is 258. The van der Waals surface area contributed by atoms with Crippen LogP contribution in [0.3, 0.4) is 0 Å². The average molecular weight is 252 g/mol. The van der Waals surface area contributed by atoms with Gasteiger partial charge in [-0.25, -0.2) is 0 Å². The van der Waals surface area contributed by atoms with Crippen molar-refractivity contribution in [2.75, 3.05) is 13.1 Å². The van der Waals surface area contributed by atoms with Gasteiger partial charge >= 0.3 is 0 Å². The van der Waals surface area contributed by atoms with Crippen LogP contribution in [0.1, 0.15) is 65.7 Å². The molecule has 0 aromatic heterocycles. The highest BCUT2D eigenvalue weighted by molar-refractivity contribution is 5.76. The lowest BCUT2D eigenvalue weighted by Gasteiger charge is -2.21. The molecular formula is C15H28N2O. The van der Waals surface area contributed by atoms with Gasteiger partial charge in [-0.1, -0.05) is 39.0 Å². The number of carbonyl (C=O) groups is 1. The van der Waals surface area contributed by atoms with Crippen molar-refractivity contribution < 1.29 is 4.79 Å². The number of unbranched alkanes of at least 4 members (excludes halogenated alkanes) is 5. The normalized spacial score (nSPS) is 11.9. The number of carbonyl (C=O) groups excluding carboxylic acids is 1. The van der Waals surface area contributed by atoms with Crippen molar-refractivity contribution in [3.63, 3.8) is 0 Å². The lowest BCUT2D eigenvalue weighted by atomic mass is 10.1. The van der Waals surface area contributed by atoms with Crippen LogP contribution in [-0.2, 0) is 4.79 Å². The number of nitrogens with zero attached hydrogens (tertiary/aromatic N) is 2. The predicted molar refractivity (Wildman–Crippen MR) is 75.0 cm³/mol. The van der Waals surface area contributed by atoms with Crippen LogP contribution in [0.25, 0.3) is 0 Å². The maximum atomic E-state index is 11.9. The third-order valence-electron chi connectivity index (χ3n) is 3.19. The van der Waals surface area contributed by atoms with Gasteiger partial charge in [-0.15, -0.1) is 0 Å². The molecule has 0 radical (unpaired) electrons. The molecule has 0 saturated heterocycles. The molecule has 1 amide bonds. The number of hydrogen-bond acceptors (Lipinski definition) is 2. The summed E-state index contributed by atoms with van der Waals surface area (Å²) in [6, 6.07) is 2.18. The molecule has 0 fully saturated rings. The van der Waals surface area contributed by atoms with E-state index >= 15 is 0 Å². The smallest absolute Gasteiger partial charge is 0.222 e. The zero-order chi connectivity index (χ0) is 13.8. The lowest BCUT2D eigenvalue weighted by Crippen LogP contribution is -2.34. The van der Waals surface area contributed by atoms with Gasteiger partial charge in [0.1, 0.15) is 0 Å². The molecule has 3 nitrogen and oxygen atoms in total. The molecule has 18 heavy (non-hydrogen) atoms. The van der Waals surface area contributed by atoms with Gasteiger partial charge in [0.15, 0.2) is 0 Å². The minimum atomic E-state index is -0.0709. The molecule has 3 heteroatoms. The van der Waals surface area contributed by atoms with Gasteiger partial charge in [0.2, 0.25) is 5.91 Å². The highest BCUT2D eigenvalue weighted by atomic mass is 16.2. The summed E-state index contributed by atoms with van der Waals surface area (Å²) in [4.78, 5) is 13.7. The average Bonchev–Trinajstić information content (AvgIpc) is 2.39. The maximum absolute atomic E-state index is 11.9. The molecule has 0 bridgehead atoms. The number of amides is 1. The Morgan fingerprint density at radius 2 is 1.78 bits per heavy atom. The largest absolute Gasteiger partial charge is 0.342 e. The minimum absolute atomic E-state index is 0.0709. The second kappa shape index (κ2) is 11.1. The molecule has 0 aliphatic rings. The molecule has 0 rings (SSSR count). The van der Waals surface area contributed by atoms with Gasteiger partial charge in [0.05, 0.1) is 12.0 Å². The van der Waals surface area contributed by atoms with E-state index in [1.165, 1.54) is 25.7 Å². The van der Waals surface area contributed by atoms with E-state index in [1.807, 2.05) is 13.8 Å². The van der Waals surface area contributed by atoms with E-state index in [1.54, 1.807) is 4.90 Å². The molecule has 0 aromatic carbocycles. The molecule has 0 heterocycles. The summed E-state index contributed by atoms with van der Waals surface area (Å²) in [6.45, 7) is 7.32. The third kappa shape index (κ3) is 8.11. The minimum Gasteiger partial charge on any atom is -0.342 e. The fourth-order valence-corrected chi connectivity index (χ4v) is 1.99. The zero-order valence-corrected chi connectivity index (χ0v) is 12.2. The van der Waals surface area contributed by atoms with E-state index in [-0.39, 0.29) is 11.8 Å². The van der Waals surface area contributed by atoms with Crippen LogP contribution < -0.4 is 0 Å². The molecular weight excluding hydrogens is 224 g/mol. The Balaban J connectivity index is 3.74. The molecule has 0 aliphatic heterocycles. The van der Waals surface area contributed by atoms with Gasteiger partial charge in [0, 0.05) is 19.5 Å². The van der Waals surface area contributed by atoms with Crippen molar-refractivity contribution in [1.82, 2.24) is 4.90 Å². The van der Waals surface area contributed by atoms with Crippen molar-refractivity contribution in [3.8, 4) is 6.07 Å². The number of hydrogen-bond donors (Lipinski definition) is 0. The SMILES string of the molecule is CCCCCCCCC(=O)N(CC)CC(C)C#N. The van der Waals surface area contributed by atoms with Crippen LogP contribution >= 0.6 is 0 Å². The maximum Gasteiger partial charge on any atom is 0.222 e. The summed E-state index contributed by atoms with van der Waals surface area (Å²) in [6.07, 6.45) is 7.86. The predicted octanol–water partition coefficient (Wildman–Crippen LogP) is 3.75. The van der Waals surface area contributed by atoms with Gasteiger partial charge in [-0.05, 0) is 20.3 Å². The summed E-state index contributed by atoms with van der Waals surface area (Å²) in [5.74, 6) is 0.133. The molecule has 0 N–H and O–H groups in total. The first-order chi connectivity index (χ1) is 8.65. The van der Waals surface area contributed by atoms with E-state index in [4.69, 9.17) is 5.26 Å². The monoisotopic (exact) mass is 252 g/mol. The van der Waals surface area contributed by atoms with Crippen molar-refractivity contribution in [3.05, 3.63) is 0 Å². The molecule has 0 saturated carbocycles. The van der Waals surface area contributed by atoms with Crippen LogP contribution in [-0.4, -0.2) is 23.9 Å². The van der Waals surface area contributed by atoms with Crippen molar-refractivity contribution in [2.45, 2.75) is 65.7 Å². The standard InChI is InChI=1S/C15H28N2O/c1-4-6-7-8-9-10-11-15(18)17(5-2)13-14(3)12-16/h14H,4-11,13H2,1-3H3. The fourth-order valence-electron chi connectivity index (χ4n) is 1.99. The number of rotatable bonds is 10.